The molecule has 3 rings (SSSR count). The molecular formula is C13H14BrFN2OS. The number of fused-ring (bicyclic) bond motifs is 2. The van der Waals surface area contributed by atoms with Crippen LogP contribution in [-0.2, 0) is 4.74 Å². The van der Waals surface area contributed by atoms with E-state index >= 15 is 0 Å². The lowest BCUT2D eigenvalue weighted by Crippen LogP contribution is -2.43. The standard InChI is InChI=1S/C13H14BrFN2OS/c14-11-9(13(16)19)3-4-10(12(11)15)17-5-7-1-2-8(6-17)18-7/h3-4,7-8H,1-2,5-6H2,(H2,16,19). The van der Waals surface area contributed by atoms with Crippen molar-refractivity contribution < 1.29 is 9.13 Å². The molecule has 1 aromatic carbocycles. The van der Waals surface area contributed by atoms with E-state index in [1.165, 1.54) is 0 Å². The van der Waals surface area contributed by atoms with Crippen LogP contribution in [-0.4, -0.2) is 30.3 Å². The summed E-state index contributed by atoms with van der Waals surface area (Å²) in [5.41, 5.74) is 6.69. The van der Waals surface area contributed by atoms with Gasteiger partial charge in [0.25, 0.3) is 0 Å². The first-order valence-electron chi connectivity index (χ1n) is 6.24. The Labute approximate surface area is 125 Å². The molecule has 0 radical (unpaired) electrons. The van der Waals surface area contributed by atoms with Crippen LogP contribution in [0.4, 0.5) is 10.1 Å². The maximum atomic E-state index is 14.4. The summed E-state index contributed by atoms with van der Waals surface area (Å²) in [5.74, 6) is -0.299. The van der Waals surface area contributed by atoms with Crippen LogP contribution < -0.4 is 10.6 Å². The van der Waals surface area contributed by atoms with E-state index in [2.05, 4.69) is 20.8 Å². The summed E-state index contributed by atoms with van der Waals surface area (Å²) >= 11 is 8.15. The highest BCUT2D eigenvalue weighted by Crippen LogP contribution is 2.34. The van der Waals surface area contributed by atoms with E-state index in [9.17, 15) is 4.39 Å². The Kier molecular flexibility index (Phi) is 3.49. The Bertz CT molecular complexity index is 528. The number of anilines is 1. The van der Waals surface area contributed by atoms with E-state index in [1.807, 2.05) is 0 Å². The van der Waals surface area contributed by atoms with Crippen molar-refractivity contribution in [3.8, 4) is 0 Å². The molecule has 2 saturated heterocycles. The number of hydrogen-bond donors (Lipinski definition) is 1. The van der Waals surface area contributed by atoms with Gasteiger partial charge in [0.1, 0.15) is 4.99 Å². The second kappa shape index (κ2) is 5.00. The molecule has 0 amide bonds. The molecule has 2 heterocycles. The SMILES string of the molecule is NC(=S)c1ccc(N2CC3CCC(C2)O3)c(F)c1Br. The van der Waals surface area contributed by atoms with Gasteiger partial charge in [-0.3, -0.25) is 0 Å². The van der Waals surface area contributed by atoms with Crippen LogP contribution in [0.25, 0.3) is 0 Å². The molecule has 2 bridgehead atoms. The van der Waals surface area contributed by atoms with Crippen LogP contribution in [0, 0.1) is 5.82 Å². The van der Waals surface area contributed by atoms with Crippen molar-refractivity contribution in [2.24, 2.45) is 5.73 Å². The van der Waals surface area contributed by atoms with Crippen molar-refractivity contribution >= 4 is 38.8 Å². The number of morpholine rings is 1. The van der Waals surface area contributed by atoms with E-state index in [-0.39, 0.29) is 23.0 Å². The van der Waals surface area contributed by atoms with Crippen molar-refractivity contribution in [2.45, 2.75) is 25.0 Å². The molecule has 2 unspecified atom stereocenters. The van der Waals surface area contributed by atoms with Gasteiger partial charge >= 0.3 is 0 Å². The zero-order valence-corrected chi connectivity index (χ0v) is 12.6. The van der Waals surface area contributed by atoms with Crippen LogP contribution in [0.3, 0.4) is 0 Å². The van der Waals surface area contributed by atoms with Crippen LogP contribution in [0.5, 0.6) is 0 Å². The minimum atomic E-state index is -0.299. The quantitative estimate of drug-likeness (QED) is 0.837. The molecule has 19 heavy (non-hydrogen) atoms. The van der Waals surface area contributed by atoms with Crippen molar-refractivity contribution in [2.75, 3.05) is 18.0 Å². The predicted octanol–water partition coefficient (Wildman–Crippen LogP) is 2.59. The van der Waals surface area contributed by atoms with Gasteiger partial charge in [-0.15, -0.1) is 0 Å². The third-order valence-electron chi connectivity index (χ3n) is 3.71. The lowest BCUT2D eigenvalue weighted by atomic mass is 10.1. The smallest absolute Gasteiger partial charge is 0.161 e. The maximum absolute atomic E-state index is 14.4. The molecule has 2 atom stereocenters. The number of nitrogens with zero attached hydrogens (tertiary/aromatic N) is 1. The van der Waals surface area contributed by atoms with Gasteiger partial charge in [0, 0.05) is 18.7 Å². The zero-order valence-electron chi connectivity index (χ0n) is 10.2. The lowest BCUT2D eigenvalue weighted by molar-refractivity contribution is 0.0303. The summed E-state index contributed by atoms with van der Waals surface area (Å²) in [5, 5.41) is 0. The minimum absolute atomic E-state index is 0.194. The van der Waals surface area contributed by atoms with Crippen molar-refractivity contribution in [1.82, 2.24) is 0 Å². The highest BCUT2D eigenvalue weighted by molar-refractivity contribution is 9.10. The van der Waals surface area contributed by atoms with Gasteiger partial charge in [0.2, 0.25) is 0 Å². The largest absolute Gasteiger partial charge is 0.389 e. The number of rotatable bonds is 2. The summed E-state index contributed by atoms with van der Waals surface area (Å²) in [6.45, 7) is 1.48. The summed E-state index contributed by atoms with van der Waals surface area (Å²) < 4.78 is 20.5. The first-order valence-corrected chi connectivity index (χ1v) is 7.44. The van der Waals surface area contributed by atoms with E-state index in [0.29, 0.717) is 15.7 Å². The van der Waals surface area contributed by atoms with E-state index in [1.54, 1.807) is 12.1 Å². The van der Waals surface area contributed by atoms with Crippen molar-refractivity contribution in [3.05, 3.63) is 28.0 Å². The maximum Gasteiger partial charge on any atom is 0.161 e. The molecule has 1 aromatic rings. The fourth-order valence-electron chi connectivity index (χ4n) is 2.79. The molecule has 2 N–H and O–H groups in total. The molecule has 2 aliphatic heterocycles. The predicted molar refractivity (Wildman–Crippen MR) is 80.1 cm³/mol. The van der Waals surface area contributed by atoms with Crippen LogP contribution >= 0.6 is 28.1 Å². The van der Waals surface area contributed by atoms with Gasteiger partial charge in [-0.1, -0.05) is 12.2 Å². The third-order valence-corrected chi connectivity index (χ3v) is 4.71. The summed E-state index contributed by atoms with van der Waals surface area (Å²) in [6.07, 6.45) is 2.59. The third kappa shape index (κ3) is 2.37. The Morgan fingerprint density at radius 3 is 2.58 bits per heavy atom. The van der Waals surface area contributed by atoms with Gasteiger partial charge in [-0.05, 0) is 40.9 Å². The first-order chi connectivity index (χ1) is 9.06. The van der Waals surface area contributed by atoms with Gasteiger partial charge in [0.15, 0.2) is 5.82 Å². The summed E-state index contributed by atoms with van der Waals surface area (Å²) in [4.78, 5) is 2.24. The fraction of sp³-hybridized carbons (Fsp3) is 0.462. The molecule has 3 nitrogen and oxygen atoms in total. The number of halogens is 2. The number of benzene rings is 1. The average molecular weight is 345 g/mol. The highest BCUT2D eigenvalue weighted by Gasteiger charge is 2.34. The van der Waals surface area contributed by atoms with E-state index < -0.39 is 0 Å². The zero-order chi connectivity index (χ0) is 13.6. The second-order valence-electron chi connectivity index (χ2n) is 4.99. The average Bonchev–Trinajstić information content (AvgIpc) is 2.71. The number of thiocarbonyl (C=S) groups is 1. The van der Waals surface area contributed by atoms with E-state index in [4.69, 9.17) is 22.7 Å². The highest BCUT2D eigenvalue weighted by atomic mass is 79.9. The van der Waals surface area contributed by atoms with Crippen LogP contribution in [0.1, 0.15) is 18.4 Å². The minimum Gasteiger partial charge on any atom is -0.389 e. The monoisotopic (exact) mass is 344 g/mol. The Balaban J connectivity index is 1.93. The lowest BCUT2D eigenvalue weighted by Gasteiger charge is -2.34. The first kappa shape index (κ1) is 13.3. The van der Waals surface area contributed by atoms with E-state index in [0.717, 1.165) is 25.9 Å². The molecule has 102 valence electrons. The molecule has 2 fully saturated rings. The fourth-order valence-corrected chi connectivity index (χ4v) is 3.64. The number of nitrogens with two attached hydrogens (primary N) is 1. The molecule has 6 heteroatoms. The normalized spacial score (nSPS) is 25.7. The Hall–Kier alpha value is -0.720. The number of hydrogen-bond acceptors (Lipinski definition) is 3. The second-order valence-corrected chi connectivity index (χ2v) is 6.22. The molecule has 0 aromatic heterocycles. The van der Waals surface area contributed by atoms with Crippen LogP contribution in [0.2, 0.25) is 0 Å². The molecule has 0 saturated carbocycles. The molecular weight excluding hydrogens is 331 g/mol. The summed E-state index contributed by atoms with van der Waals surface area (Å²) in [7, 11) is 0. The van der Waals surface area contributed by atoms with Gasteiger partial charge in [-0.2, -0.15) is 0 Å². The van der Waals surface area contributed by atoms with Crippen LogP contribution in [0.15, 0.2) is 16.6 Å². The Morgan fingerprint density at radius 2 is 2.00 bits per heavy atom. The van der Waals surface area contributed by atoms with Gasteiger partial charge in [0.05, 0.1) is 22.4 Å². The Morgan fingerprint density at radius 1 is 1.37 bits per heavy atom. The number of ether oxygens (including phenoxy) is 1. The topological polar surface area (TPSA) is 38.5 Å². The van der Waals surface area contributed by atoms with Gasteiger partial charge in [-0.25, -0.2) is 4.39 Å². The molecule has 0 spiro atoms. The van der Waals surface area contributed by atoms with Gasteiger partial charge < -0.3 is 15.4 Å². The molecule has 2 aliphatic rings. The van der Waals surface area contributed by atoms with Crippen molar-refractivity contribution in [1.29, 1.82) is 0 Å². The molecule has 0 aliphatic carbocycles. The summed E-state index contributed by atoms with van der Waals surface area (Å²) in [6, 6.07) is 3.52. The van der Waals surface area contributed by atoms with Crippen molar-refractivity contribution in [3.63, 3.8) is 0 Å².